The number of fused-ring (bicyclic) bond motifs is 1. The number of nitrogens with zero attached hydrogens (tertiary/aromatic N) is 3. The van der Waals surface area contributed by atoms with Gasteiger partial charge in [0.1, 0.15) is 11.5 Å². The fraction of sp³-hybridized carbons (Fsp3) is 0.444. The lowest BCUT2D eigenvalue weighted by molar-refractivity contribution is -0.130. The van der Waals surface area contributed by atoms with Crippen LogP contribution in [0.3, 0.4) is 0 Å². The summed E-state index contributed by atoms with van der Waals surface area (Å²) in [6, 6.07) is 7.55. The third-order valence-corrected chi connectivity index (χ3v) is 4.67. The molecule has 2 atom stereocenters. The van der Waals surface area contributed by atoms with Crippen LogP contribution in [0.4, 0.5) is 0 Å². The van der Waals surface area contributed by atoms with E-state index in [4.69, 9.17) is 0 Å². The van der Waals surface area contributed by atoms with Crippen LogP contribution in [0.5, 0.6) is 0 Å². The van der Waals surface area contributed by atoms with Gasteiger partial charge >= 0.3 is 0 Å². The molecular formula is C18H23N5O2. The van der Waals surface area contributed by atoms with Gasteiger partial charge in [-0.1, -0.05) is 32.4 Å². The number of aromatic amines is 1. The van der Waals surface area contributed by atoms with Gasteiger partial charge in [-0.25, -0.2) is 9.99 Å². The van der Waals surface area contributed by atoms with Crippen LogP contribution in [0, 0.1) is 5.92 Å². The van der Waals surface area contributed by atoms with Crippen molar-refractivity contribution in [3.05, 3.63) is 30.1 Å². The van der Waals surface area contributed by atoms with E-state index in [1.807, 2.05) is 24.3 Å². The number of benzene rings is 1. The molecule has 7 nitrogen and oxygen atoms in total. The second kappa shape index (κ2) is 7.04. The predicted octanol–water partition coefficient (Wildman–Crippen LogP) is 2.37. The summed E-state index contributed by atoms with van der Waals surface area (Å²) in [5, 5.41) is 8.38. The van der Waals surface area contributed by atoms with Crippen LogP contribution >= 0.6 is 0 Å². The minimum absolute atomic E-state index is 0.0766. The third kappa shape index (κ3) is 3.55. The average Bonchev–Trinajstić information content (AvgIpc) is 3.04. The van der Waals surface area contributed by atoms with E-state index in [-0.39, 0.29) is 23.8 Å². The Hall–Kier alpha value is -2.70. The maximum Gasteiger partial charge on any atom is 0.268 e. The topological polar surface area (TPSA) is 90.4 Å². The van der Waals surface area contributed by atoms with E-state index in [0.717, 1.165) is 23.3 Å². The minimum Gasteiger partial charge on any atom is -0.341 e. The molecule has 0 fully saturated rings. The molecule has 0 spiro atoms. The third-order valence-electron chi connectivity index (χ3n) is 4.67. The fourth-order valence-corrected chi connectivity index (χ4v) is 2.89. The van der Waals surface area contributed by atoms with Crippen LogP contribution < -0.4 is 5.32 Å². The Balaban J connectivity index is 1.85. The summed E-state index contributed by atoms with van der Waals surface area (Å²) >= 11 is 0. The second-order valence-electron chi connectivity index (χ2n) is 6.44. The molecule has 132 valence electrons. The maximum absolute atomic E-state index is 12.6. The number of hydrogen-bond donors (Lipinski definition) is 2. The highest BCUT2D eigenvalue weighted by Gasteiger charge is 2.28. The monoisotopic (exact) mass is 341 g/mol. The molecule has 1 aromatic heterocycles. The normalized spacial score (nSPS) is 17.3. The van der Waals surface area contributed by atoms with Gasteiger partial charge in [0.15, 0.2) is 0 Å². The average molecular weight is 341 g/mol. The predicted molar refractivity (Wildman–Crippen MR) is 95.9 cm³/mol. The first-order valence-corrected chi connectivity index (χ1v) is 8.59. The lowest BCUT2D eigenvalue weighted by Gasteiger charge is -2.24. The first-order chi connectivity index (χ1) is 12.0. The molecular weight excluding hydrogens is 318 g/mol. The summed E-state index contributed by atoms with van der Waals surface area (Å²) in [5.41, 5.74) is 2.20. The van der Waals surface area contributed by atoms with Crippen LogP contribution in [0.25, 0.3) is 11.0 Å². The van der Waals surface area contributed by atoms with Gasteiger partial charge in [0.25, 0.3) is 5.91 Å². The molecule has 1 aromatic carbocycles. The van der Waals surface area contributed by atoms with Crippen molar-refractivity contribution in [3.8, 4) is 0 Å². The standard InChI is InChI=1S/C18H23N5O2/c1-4-11(2)16(17-19-12-7-5-6-8-13(12)20-17)21-18(25)14-9-10-15(24)23(3)22-14/h5-8,11,16H,4,9-10H2,1-3H3,(H,19,20)(H,21,25)/t11-,16+/m1/s1. The van der Waals surface area contributed by atoms with Crippen molar-refractivity contribution in [2.24, 2.45) is 11.0 Å². The van der Waals surface area contributed by atoms with Crippen molar-refractivity contribution in [3.63, 3.8) is 0 Å². The van der Waals surface area contributed by atoms with Gasteiger partial charge in [-0.2, -0.15) is 5.10 Å². The zero-order valence-corrected chi connectivity index (χ0v) is 14.7. The molecule has 0 aliphatic carbocycles. The van der Waals surface area contributed by atoms with Gasteiger partial charge in [0.05, 0.1) is 17.1 Å². The van der Waals surface area contributed by atoms with Crippen molar-refractivity contribution >= 4 is 28.6 Å². The molecule has 0 saturated heterocycles. The van der Waals surface area contributed by atoms with Crippen LogP contribution in [-0.4, -0.2) is 39.6 Å². The van der Waals surface area contributed by atoms with Crippen molar-refractivity contribution in [2.45, 2.75) is 39.2 Å². The van der Waals surface area contributed by atoms with E-state index in [0.29, 0.717) is 18.6 Å². The first kappa shape index (κ1) is 17.1. The molecule has 3 rings (SSSR count). The van der Waals surface area contributed by atoms with E-state index >= 15 is 0 Å². The smallest absolute Gasteiger partial charge is 0.268 e. The molecule has 1 aliphatic rings. The van der Waals surface area contributed by atoms with Gasteiger partial charge in [-0.3, -0.25) is 9.59 Å². The molecule has 0 saturated carbocycles. The quantitative estimate of drug-likeness (QED) is 0.875. The number of hydrogen-bond acceptors (Lipinski definition) is 4. The van der Waals surface area contributed by atoms with Crippen LogP contribution in [0.1, 0.15) is 45.0 Å². The highest BCUT2D eigenvalue weighted by molar-refractivity contribution is 6.39. The Morgan fingerprint density at radius 3 is 2.80 bits per heavy atom. The molecule has 2 aromatic rings. The molecule has 2 N–H and O–H groups in total. The van der Waals surface area contributed by atoms with E-state index in [1.54, 1.807) is 7.05 Å². The van der Waals surface area contributed by atoms with Crippen LogP contribution in [-0.2, 0) is 9.59 Å². The lowest BCUT2D eigenvalue weighted by Crippen LogP contribution is -2.41. The van der Waals surface area contributed by atoms with Crippen molar-refractivity contribution in [1.29, 1.82) is 0 Å². The number of rotatable bonds is 5. The summed E-state index contributed by atoms with van der Waals surface area (Å²) in [6.45, 7) is 4.16. The molecule has 1 aliphatic heterocycles. The molecule has 25 heavy (non-hydrogen) atoms. The van der Waals surface area contributed by atoms with Gasteiger partial charge in [0, 0.05) is 19.9 Å². The van der Waals surface area contributed by atoms with Gasteiger partial charge < -0.3 is 10.3 Å². The number of H-pyrrole nitrogens is 1. The molecule has 7 heteroatoms. The Bertz CT molecular complexity index is 793. The SMILES string of the molecule is CC[C@@H](C)[C@H](NC(=O)C1=NN(C)C(=O)CC1)c1nc2ccccc2[nH]1. The number of carbonyl (C=O) groups excluding carboxylic acids is 2. The zero-order chi connectivity index (χ0) is 18.0. The van der Waals surface area contributed by atoms with Gasteiger partial charge in [-0.05, 0) is 18.1 Å². The fourth-order valence-electron chi connectivity index (χ4n) is 2.89. The molecule has 0 unspecified atom stereocenters. The van der Waals surface area contributed by atoms with Gasteiger partial charge in [0.2, 0.25) is 5.91 Å². The molecule has 2 heterocycles. The number of para-hydroxylation sites is 2. The van der Waals surface area contributed by atoms with E-state index in [1.165, 1.54) is 5.01 Å². The number of carbonyl (C=O) groups is 2. The van der Waals surface area contributed by atoms with Crippen LogP contribution in [0.15, 0.2) is 29.4 Å². The number of hydrazone groups is 1. The Morgan fingerprint density at radius 2 is 2.12 bits per heavy atom. The molecule has 0 bridgehead atoms. The van der Waals surface area contributed by atoms with Gasteiger partial charge in [-0.15, -0.1) is 0 Å². The van der Waals surface area contributed by atoms with E-state index in [2.05, 4.69) is 34.2 Å². The first-order valence-electron chi connectivity index (χ1n) is 8.59. The summed E-state index contributed by atoms with van der Waals surface area (Å²) in [6.07, 6.45) is 1.57. The summed E-state index contributed by atoms with van der Waals surface area (Å²) < 4.78 is 0. The highest BCUT2D eigenvalue weighted by Crippen LogP contribution is 2.25. The van der Waals surface area contributed by atoms with Crippen LogP contribution in [0.2, 0.25) is 0 Å². The van der Waals surface area contributed by atoms with Crippen molar-refractivity contribution < 1.29 is 9.59 Å². The number of aromatic nitrogens is 2. The second-order valence-corrected chi connectivity index (χ2v) is 6.44. The van der Waals surface area contributed by atoms with E-state index < -0.39 is 0 Å². The lowest BCUT2D eigenvalue weighted by atomic mass is 9.98. The summed E-state index contributed by atoms with van der Waals surface area (Å²) in [7, 11) is 1.57. The number of imidazole rings is 1. The molecule has 0 radical (unpaired) electrons. The Labute approximate surface area is 146 Å². The molecule has 2 amide bonds. The summed E-state index contributed by atoms with van der Waals surface area (Å²) in [5.74, 6) is 0.621. The number of amides is 2. The zero-order valence-electron chi connectivity index (χ0n) is 14.7. The maximum atomic E-state index is 12.6. The summed E-state index contributed by atoms with van der Waals surface area (Å²) in [4.78, 5) is 32.1. The Kier molecular flexibility index (Phi) is 4.83. The van der Waals surface area contributed by atoms with Crippen molar-refractivity contribution in [2.75, 3.05) is 7.05 Å². The van der Waals surface area contributed by atoms with E-state index in [9.17, 15) is 9.59 Å². The Morgan fingerprint density at radius 1 is 1.36 bits per heavy atom. The van der Waals surface area contributed by atoms with Crippen molar-refractivity contribution in [1.82, 2.24) is 20.3 Å². The number of nitrogens with one attached hydrogen (secondary N) is 2. The highest BCUT2D eigenvalue weighted by atomic mass is 16.2. The minimum atomic E-state index is -0.245. The largest absolute Gasteiger partial charge is 0.341 e.